The lowest BCUT2D eigenvalue weighted by Gasteiger charge is -2.03. The second-order valence-electron chi connectivity index (χ2n) is 3.51. The first-order valence-electron chi connectivity index (χ1n) is 4.90. The molecule has 1 heterocycles. The van der Waals surface area contributed by atoms with Crippen molar-refractivity contribution in [1.29, 1.82) is 0 Å². The zero-order valence-electron chi connectivity index (χ0n) is 8.92. The molecule has 0 N–H and O–H groups in total. The van der Waals surface area contributed by atoms with Crippen LogP contribution in [0.15, 0.2) is 12.1 Å². The summed E-state index contributed by atoms with van der Waals surface area (Å²) in [4.78, 5) is 15.9. The van der Waals surface area contributed by atoms with Crippen LogP contribution in [-0.4, -0.2) is 15.3 Å². The zero-order valence-corrected chi connectivity index (χ0v) is 10.4. The van der Waals surface area contributed by atoms with Gasteiger partial charge in [-0.15, -0.1) is 0 Å². The lowest BCUT2D eigenvalue weighted by molar-refractivity contribution is 0.0989. The van der Waals surface area contributed by atoms with E-state index in [-0.39, 0.29) is 5.78 Å². The molecule has 0 aliphatic heterocycles. The van der Waals surface area contributed by atoms with Crippen LogP contribution in [0.1, 0.15) is 23.7 Å². The van der Waals surface area contributed by atoms with Gasteiger partial charge in [-0.2, -0.15) is 0 Å². The number of ketones is 1. The normalized spacial score (nSPS) is 11.0. The van der Waals surface area contributed by atoms with E-state index in [0.717, 1.165) is 0 Å². The van der Waals surface area contributed by atoms with E-state index < -0.39 is 0 Å². The number of carbonyl (C=O) groups excluding carboxylic acids is 1. The van der Waals surface area contributed by atoms with Gasteiger partial charge < -0.3 is 4.57 Å². The Kier molecular flexibility index (Phi) is 2.91. The van der Waals surface area contributed by atoms with Crippen molar-refractivity contribution >= 4 is 40.0 Å². The summed E-state index contributed by atoms with van der Waals surface area (Å²) in [6.45, 7) is 1.82. The van der Waals surface area contributed by atoms with E-state index in [0.29, 0.717) is 33.3 Å². The fourth-order valence-corrected chi connectivity index (χ4v) is 2.04. The molecule has 2 aromatic rings. The van der Waals surface area contributed by atoms with Gasteiger partial charge in [0, 0.05) is 19.0 Å². The summed E-state index contributed by atoms with van der Waals surface area (Å²) in [5.41, 5.74) is 1.89. The second-order valence-corrected chi connectivity index (χ2v) is 4.25. The molecule has 0 aliphatic rings. The number of aryl methyl sites for hydroxylation is 1. The van der Waals surface area contributed by atoms with Crippen molar-refractivity contribution in [1.82, 2.24) is 9.55 Å². The van der Waals surface area contributed by atoms with Crippen LogP contribution in [-0.2, 0) is 7.05 Å². The Balaban J connectivity index is 2.86. The summed E-state index contributed by atoms with van der Waals surface area (Å²) >= 11 is 11.9. The van der Waals surface area contributed by atoms with Gasteiger partial charge in [-0.05, 0) is 23.7 Å². The van der Waals surface area contributed by atoms with Crippen LogP contribution in [0.25, 0.3) is 11.0 Å². The lowest BCUT2D eigenvalue weighted by atomic mass is 10.1. The van der Waals surface area contributed by atoms with Gasteiger partial charge in [-0.25, -0.2) is 4.98 Å². The molecule has 5 heteroatoms. The number of carbonyl (C=O) groups is 1. The first kappa shape index (κ1) is 11.4. The fourth-order valence-electron chi connectivity index (χ4n) is 1.68. The van der Waals surface area contributed by atoms with Crippen LogP contribution in [0.3, 0.4) is 0 Å². The molecule has 0 saturated heterocycles. The summed E-state index contributed by atoms with van der Waals surface area (Å²) in [5, 5.41) is 0.832. The third-order valence-corrected chi connectivity index (χ3v) is 3.18. The molecule has 0 radical (unpaired) electrons. The summed E-state index contributed by atoms with van der Waals surface area (Å²) in [5.74, 6) is 0.0568. The standard InChI is InChI=1S/C11H10Cl2N2O/c1-3-8(16)6-4-5-7(12)9-10(6)15(2)11(13)14-9/h4-5H,3H2,1-2H3. The minimum Gasteiger partial charge on any atom is -0.317 e. The lowest BCUT2D eigenvalue weighted by Crippen LogP contribution is -2.00. The Morgan fingerprint density at radius 2 is 2.12 bits per heavy atom. The highest BCUT2D eigenvalue weighted by Crippen LogP contribution is 2.28. The molecule has 0 amide bonds. The van der Waals surface area contributed by atoms with E-state index in [4.69, 9.17) is 23.2 Å². The molecule has 3 nitrogen and oxygen atoms in total. The molecule has 16 heavy (non-hydrogen) atoms. The molecule has 0 spiro atoms. The maximum Gasteiger partial charge on any atom is 0.203 e. The van der Waals surface area contributed by atoms with E-state index in [1.807, 2.05) is 6.92 Å². The van der Waals surface area contributed by atoms with E-state index in [9.17, 15) is 4.79 Å². The van der Waals surface area contributed by atoms with Crippen LogP contribution in [0.4, 0.5) is 0 Å². The Hall–Kier alpha value is -1.06. The molecule has 0 aliphatic carbocycles. The molecule has 0 saturated carbocycles. The maximum atomic E-state index is 11.8. The highest BCUT2D eigenvalue weighted by atomic mass is 35.5. The minimum absolute atomic E-state index is 0.0568. The number of nitrogens with zero attached hydrogens (tertiary/aromatic N) is 2. The van der Waals surface area contributed by atoms with Gasteiger partial charge in [0.2, 0.25) is 5.28 Å². The number of hydrogen-bond donors (Lipinski definition) is 0. The minimum atomic E-state index is 0.0568. The highest BCUT2D eigenvalue weighted by Gasteiger charge is 2.16. The molecule has 0 bridgehead atoms. The van der Waals surface area contributed by atoms with Crippen molar-refractivity contribution in [2.45, 2.75) is 13.3 Å². The first-order valence-corrected chi connectivity index (χ1v) is 5.65. The SMILES string of the molecule is CCC(=O)c1ccc(Cl)c2nc(Cl)n(C)c12. The number of Topliss-reactive ketones (excluding diaryl/α,β-unsaturated/α-hetero) is 1. The number of imidazole rings is 1. The van der Waals surface area contributed by atoms with Gasteiger partial charge in [0.25, 0.3) is 0 Å². The van der Waals surface area contributed by atoms with Gasteiger partial charge in [0.15, 0.2) is 5.78 Å². The Morgan fingerprint density at radius 1 is 1.44 bits per heavy atom. The van der Waals surface area contributed by atoms with Crippen molar-refractivity contribution in [3.63, 3.8) is 0 Å². The summed E-state index contributed by atoms with van der Waals surface area (Å²) < 4.78 is 1.67. The van der Waals surface area contributed by atoms with Crippen molar-refractivity contribution in [3.05, 3.63) is 28.0 Å². The molecule has 84 valence electrons. The number of fused-ring (bicyclic) bond motifs is 1. The molecule has 0 atom stereocenters. The van der Waals surface area contributed by atoms with Gasteiger partial charge in [0.05, 0.1) is 10.5 Å². The fraction of sp³-hybridized carbons (Fsp3) is 0.273. The van der Waals surface area contributed by atoms with E-state index >= 15 is 0 Å². The van der Waals surface area contributed by atoms with Crippen LogP contribution in [0.5, 0.6) is 0 Å². The van der Waals surface area contributed by atoms with Gasteiger partial charge in [-0.1, -0.05) is 18.5 Å². The van der Waals surface area contributed by atoms with Crippen LogP contribution < -0.4 is 0 Å². The summed E-state index contributed by atoms with van der Waals surface area (Å²) in [6.07, 6.45) is 0.444. The number of hydrogen-bond acceptors (Lipinski definition) is 2. The second kappa shape index (κ2) is 4.07. The van der Waals surface area contributed by atoms with E-state index in [2.05, 4.69) is 4.98 Å². The first-order chi connectivity index (χ1) is 7.56. The molecule has 0 fully saturated rings. The van der Waals surface area contributed by atoms with Gasteiger partial charge >= 0.3 is 0 Å². The largest absolute Gasteiger partial charge is 0.317 e. The highest BCUT2D eigenvalue weighted by molar-refractivity contribution is 6.36. The predicted molar refractivity (Wildman–Crippen MR) is 65.4 cm³/mol. The smallest absolute Gasteiger partial charge is 0.203 e. The number of rotatable bonds is 2. The van der Waals surface area contributed by atoms with Gasteiger partial charge in [0.1, 0.15) is 5.52 Å². The summed E-state index contributed by atoms with van der Waals surface area (Å²) in [7, 11) is 1.76. The van der Waals surface area contributed by atoms with Crippen molar-refractivity contribution in [2.24, 2.45) is 7.05 Å². The average Bonchev–Trinajstić information content (AvgIpc) is 2.57. The average molecular weight is 257 g/mol. The van der Waals surface area contributed by atoms with Gasteiger partial charge in [-0.3, -0.25) is 4.79 Å². The van der Waals surface area contributed by atoms with Crippen molar-refractivity contribution < 1.29 is 4.79 Å². The molecular weight excluding hydrogens is 247 g/mol. The third-order valence-electron chi connectivity index (χ3n) is 2.54. The molecule has 2 rings (SSSR count). The van der Waals surface area contributed by atoms with E-state index in [1.54, 1.807) is 23.7 Å². The number of halogens is 2. The van der Waals surface area contributed by atoms with Crippen LogP contribution >= 0.6 is 23.2 Å². The maximum absolute atomic E-state index is 11.8. The molecule has 1 aromatic carbocycles. The number of aromatic nitrogens is 2. The summed E-state index contributed by atoms with van der Waals surface area (Å²) in [6, 6.07) is 3.39. The third kappa shape index (κ3) is 1.60. The van der Waals surface area contributed by atoms with Crippen molar-refractivity contribution in [2.75, 3.05) is 0 Å². The van der Waals surface area contributed by atoms with Crippen LogP contribution in [0.2, 0.25) is 10.3 Å². The van der Waals surface area contributed by atoms with E-state index in [1.165, 1.54) is 0 Å². The zero-order chi connectivity index (χ0) is 11.9. The Morgan fingerprint density at radius 3 is 2.75 bits per heavy atom. The Labute approximate surface area is 103 Å². The molecule has 1 aromatic heterocycles. The Bertz CT molecular complexity index is 575. The predicted octanol–water partition coefficient (Wildman–Crippen LogP) is 3.47. The quantitative estimate of drug-likeness (QED) is 0.772. The number of benzene rings is 1. The van der Waals surface area contributed by atoms with Crippen molar-refractivity contribution in [3.8, 4) is 0 Å². The van der Waals surface area contributed by atoms with Crippen LogP contribution in [0, 0.1) is 0 Å². The topological polar surface area (TPSA) is 34.9 Å². The molecular formula is C11H10Cl2N2O. The monoisotopic (exact) mass is 256 g/mol. The molecule has 0 unspecified atom stereocenters.